The van der Waals surface area contributed by atoms with Gasteiger partial charge >= 0.3 is 0 Å². The Morgan fingerprint density at radius 1 is 0.962 bits per heavy atom. The van der Waals surface area contributed by atoms with E-state index >= 15 is 0 Å². The van der Waals surface area contributed by atoms with Crippen LogP contribution in [0.2, 0.25) is 0 Å². The summed E-state index contributed by atoms with van der Waals surface area (Å²) >= 11 is 1.50. The Balaban J connectivity index is 1.76. The first kappa shape index (κ1) is 16.7. The van der Waals surface area contributed by atoms with Crippen LogP contribution >= 0.6 is 11.3 Å². The lowest BCUT2D eigenvalue weighted by Crippen LogP contribution is -2.13. The van der Waals surface area contributed by atoms with Crippen molar-refractivity contribution < 1.29 is 4.79 Å². The van der Waals surface area contributed by atoms with E-state index in [2.05, 4.69) is 34.3 Å². The van der Waals surface area contributed by atoms with Crippen molar-refractivity contribution in [2.24, 2.45) is 0 Å². The zero-order valence-corrected chi connectivity index (χ0v) is 16.0. The fourth-order valence-electron chi connectivity index (χ4n) is 3.25. The number of hydrogen-bond donors (Lipinski definition) is 1. The number of fused-ring (bicyclic) bond motifs is 2. The number of thiazole rings is 1. The number of carbonyl (C=O) groups is 1. The lowest BCUT2D eigenvalue weighted by molar-refractivity contribution is 0.102. The molecule has 0 aliphatic heterocycles. The number of nitrogens with zero attached hydrogens (tertiary/aromatic N) is 2. The number of anilines is 1. The highest BCUT2D eigenvalue weighted by Crippen LogP contribution is 2.30. The number of benzene rings is 2. The lowest BCUT2D eigenvalue weighted by Gasteiger charge is -2.08. The van der Waals surface area contributed by atoms with E-state index in [1.165, 1.54) is 16.9 Å². The predicted molar refractivity (Wildman–Crippen MR) is 108 cm³/mol. The summed E-state index contributed by atoms with van der Waals surface area (Å²) in [6.07, 6.45) is 0. The van der Waals surface area contributed by atoms with E-state index in [9.17, 15) is 4.79 Å². The molecular formula is C21H19N3OS. The molecule has 0 aliphatic rings. The zero-order valence-electron chi connectivity index (χ0n) is 15.2. The van der Waals surface area contributed by atoms with Gasteiger partial charge in [0.05, 0.1) is 21.3 Å². The van der Waals surface area contributed by atoms with Gasteiger partial charge in [0.1, 0.15) is 0 Å². The van der Waals surface area contributed by atoms with Crippen molar-refractivity contribution in [3.8, 4) is 0 Å². The highest BCUT2D eigenvalue weighted by molar-refractivity contribution is 7.22. The van der Waals surface area contributed by atoms with Crippen LogP contribution in [0, 0.1) is 27.7 Å². The summed E-state index contributed by atoms with van der Waals surface area (Å²) in [5.74, 6) is -0.153. The normalized spacial score (nSPS) is 11.2. The Bertz CT molecular complexity index is 1180. The second kappa shape index (κ2) is 6.18. The zero-order chi connectivity index (χ0) is 18.4. The Kier molecular flexibility index (Phi) is 3.96. The van der Waals surface area contributed by atoms with Gasteiger partial charge in [0.25, 0.3) is 5.91 Å². The largest absolute Gasteiger partial charge is 0.298 e. The molecule has 1 amide bonds. The van der Waals surface area contributed by atoms with Gasteiger partial charge in [0.15, 0.2) is 5.13 Å². The number of carbonyl (C=O) groups excluding carboxylic acids is 1. The topological polar surface area (TPSA) is 54.9 Å². The summed E-state index contributed by atoms with van der Waals surface area (Å²) in [4.78, 5) is 22.1. The Morgan fingerprint density at radius 2 is 1.77 bits per heavy atom. The number of rotatable bonds is 2. The number of nitrogens with one attached hydrogen (secondary N) is 1. The molecular weight excluding hydrogens is 342 g/mol. The van der Waals surface area contributed by atoms with E-state index in [1.807, 2.05) is 45.0 Å². The van der Waals surface area contributed by atoms with Crippen LogP contribution in [0.4, 0.5) is 5.13 Å². The Hall–Kier alpha value is -2.79. The fraction of sp³-hybridized carbons (Fsp3) is 0.190. The van der Waals surface area contributed by atoms with E-state index in [-0.39, 0.29) is 5.91 Å². The molecule has 4 nitrogen and oxygen atoms in total. The van der Waals surface area contributed by atoms with Gasteiger partial charge in [0, 0.05) is 11.1 Å². The highest BCUT2D eigenvalue weighted by Gasteiger charge is 2.15. The Morgan fingerprint density at radius 3 is 2.58 bits per heavy atom. The molecule has 0 fully saturated rings. The minimum Gasteiger partial charge on any atom is -0.298 e. The van der Waals surface area contributed by atoms with Crippen LogP contribution in [0.3, 0.4) is 0 Å². The first-order chi connectivity index (χ1) is 12.4. The molecule has 26 heavy (non-hydrogen) atoms. The maximum absolute atomic E-state index is 12.9. The molecule has 2 heterocycles. The minimum atomic E-state index is -0.153. The summed E-state index contributed by atoms with van der Waals surface area (Å²) in [6, 6.07) is 12.0. The monoisotopic (exact) mass is 361 g/mol. The molecule has 0 aliphatic carbocycles. The van der Waals surface area contributed by atoms with Crippen molar-refractivity contribution in [1.29, 1.82) is 0 Å². The van der Waals surface area contributed by atoms with Gasteiger partial charge < -0.3 is 0 Å². The standard InChI is InChI=1S/C21H19N3OS/c1-11-5-6-17-15(8-11)16(10-14(4)22-17)20(25)24-21-23-19-13(3)7-12(2)9-18(19)26-21/h5-10H,1-4H3,(H,23,24,25). The third-order valence-corrected chi connectivity index (χ3v) is 5.30. The van der Waals surface area contributed by atoms with Crippen LogP contribution in [-0.4, -0.2) is 15.9 Å². The third kappa shape index (κ3) is 2.95. The first-order valence-corrected chi connectivity index (χ1v) is 9.29. The summed E-state index contributed by atoms with van der Waals surface area (Å²) in [7, 11) is 0. The maximum atomic E-state index is 12.9. The molecule has 1 N–H and O–H groups in total. The van der Waals surface area contributed by atoms with E-state index in [0.29, 0.717) is 10.7 Å². The van der Waals surface area contributed by atoms with E-state index in [4.69, 9.17) is 0 Å². The van der Waals surface area contributed by atoms with Crippen molar-refractivity contribution in [2.45, 2.75) is 27.7 Å². The number of aromatic nitrogens is 2. The van der Waals surface area contributed by atoms with Gasteiger partial charge in [-0.3, -0.25) is 15.1 Å². The fourth-order valence-corrected chi connectivity index (χ4v) is 4.29. The number of pyridine rings is 1. The van der Waals surface area contributed by atoms with E-state index < -0.39 is 0 Å². The molecule has 0 unspecified atom stereocenters. The SMILES string of the molecule is Cc1cc(C)c2nc(NC(=O)c3cc(C)nc4ccc(C)cc34)sc2c1. The second-order valence-electron chi connectivity index (χ2n) is 6.73. The molecule has 4 aromatic rings. The molecule has 0 bridgehead atoms. The molecule has 0 saturated carbocycles. The number of amides is 1. The molecule has 2 aromatic heterocycles. The summed E-state index contributed by atoms with van der Waals surface area (Å²) in [5, 5.41) is 4.46. The van der Waals surface area contributed by atoms with Crippen LogP contribution in [0.5, 0.6) is 0 Å². The van der Waals surface area contributed by atoms with Gasteiger partial charge in [-0.1, -0.05) is 29.0 Å². The van der Waals surface area contributed by atoms with Crippen LogP contribution in [0.25, 0.3) is 21.1 Å². The summed E-state index contributed by atoms with van der Waals surface area (Å²) < 4.78 is 1.09. The predicted octanol–water partition coefficient (Wildman–Crippen LogP) is 5.33. The van der Waals surface area contributed by atoms with Crippen molar-refractivity contribution in [1.82, 2.24) is 9.97 Å². The minimum absolute atomic E-state index is 0.153. The first-order valence-electron chi connectivity index (χ1n) is 8.48. The number of aryl methyl sites for hydroxylation is 4. The maximum Gasteiger partial charge on any atom is 0.258 e. The number of hydrogen-bond acceptors (Lipinski definition) is 4. The van der Waals surface area contributed by atoms with Gasteiger partial charge in [-0.05, 0) is 63.1 Å². The molecule has 5 heteroatoms. The van der Waals surface area contributed by atoms with Crippen molar-refractivity contribution in [3.63, 3.8) is 0 Å². The molecule has 2 aromatic carbocycles. The van der Waals surface area contributed by atoms with E-state index in [1.54, 1.807) is 0 Å². The summed E-state index contributed by atoms with van der Waals surface area (Å²) in [6.45, 7) is 8.03. The van der Waals surface area contributed by atoms with Crippen LogP contribution in [-0.2, 0) is 0 Å². The molecule has 0 radical (unpaired) electrons. The summed E-state index contributed by atoms with van der Waals surface area (Å²) in [5.41, 5.74) is 6.65. The van der Waals surface area contributed by atoms with Gasteiger partial charge in [-0.2, -0.15) is 0 Å². The van der Waals surface area contributed by atoms with Crippen molar-refractivity contribution >= 4 is 43.5 Å². The average molecular weight is 361 g/mol. The second-order valence-corrected chi connectivity index (χ2v) is 7.76. The lowest BCUT2D eigenvalue weighted by atomic mass is 10.0. The van der Waals surface area contributed by atoms with Crippen LogP contribution < -0.4 is 5.32 Å². The smallest absolute Gasteiger partial charge is 0.258 e. The Labute approximate surface area is 155 Å². The van der Waals surface area contributed by atoms with Gasteiger partial charge in [-0.25, -0.2) is 4.98 Å². The van der Waals surface area contributed by atoms with Crippen LogP contribution in [0.1, 0.15) is 32.7 Å². The molecule has 0 spiro atoms. The quantitative estimate of drug-likeness (QED) is 0.525. The third-order valence-electron chi connectivity index (χ3n) is 4.39. The highest BCUT2D eigenvalue weighted by atomic mass is 32.1. The van der Waals surface area contributed by atoms with Crippen molar-refractivity contribution in [2.75, 3.05) is 5.32 Å². The van der Waals surface area contributed by atoms with E-state index in [0.717, 1.165) is 37.9 Å². The molecule has 130 valence electrons. The van der Waals surface area contributed by atoms with Gasteiger partial charge in [-0.15, -0.1) is 0 Å². The van der Waals surface area contributed by atoms with Gasteiger partial charge in [0.2, 0.25) is 0 Å². The molecule has 0 saturated heterocycles. The molecule has 0 atom stereocenters. The molecule has 4 rings (SSSR count). The van der Waals surface area contributed by atoms with Crippen molar-refractivity contribution in [3.05, 3.63) is 64.3 Å². The average Bonchev–Trinajstić information content (AvgIpc) is 2.97. The van der Waals surface area contributed by atoms with Crippen LogP contribution in [0.15, 0.2) is 36.4 Å².